The Balaban J connectivity index is 1.50. The van der Waals surface area contributed by atoms with Gasteiger partial charge in [0.15, 0.2) is 0 Å². The van der Waals surface area contributed by atoms with E-state index in [1.807, 2.05) is 4.90 Å². The SMILES string of the molecule is O=C1CCC(N2CCC(N3CCNCC3)OC2)C(=O)N1. The Morgan fingerprint density at radius 2 is 1.85 bits per heavy atom. The molecule has 3 saturated heterocycles. The molecule has 0 aromatic rings. The molecule has 3 heterocycles. The molecule has 7 nitrogen and oxygen atoms in total. The third-order valence-corrected chi connectivity index (χ3v) is 4.31. The number of imide groups is 1. The molecule has 2 atom stereocenters. The van der Waals surface area contributed by atoms with Crippen LogP contribution in [0.3, 0.4) is 0 Å². The van der Waals surface area contributed by atoms with Crippen LogP contribution in [-0.2, 0) is 14.3 Å². The summed E-state index contributed by atoms with van der Waals surface area (Å²) >= 11 is 0. The third-order valence-electron chi connectivity index (χ3n) is 4.31. The lowest BCUT2D eigenvalue weighted by Gasteiger charge is -2.42. The van der Waals surface area contributed by atoms with Gasteiger partial charge in [-0.25, -0.2) is 0 Å². The van der Waals surface area contributed by atoms with Crippen molar-refractivity contribution in [3.05, 3.63) is 0 Å². The minimum Gasteiger partial charge on any atom is -0.348 e. The number of nitrogens with zero attached hydrogens (tertiary/aromatic N) is 2. The predicted molar refractivity (Wildman–Crippen MR) is 71.7 cm³/mol. The first kappa shape index (κ1) is 13.9. The van der Waals surface area contributed by atoms with E-state index in [2.05, 4.69) is 15.5 Å². The van der Waals surface area contributed by atoms with Crippen LogP contribution in [0.2, 0.25) is 0 Å². The molecule has 0 aromatic heterocycles. The van der Waals surface area contributed by atoms with Crippen molar-refractivity contribution in [1.29, 1.82) is 0 Å². The Hall–Kier alpha value is -1.02. The van der Waals surface area contributed by atoms with E-state index in [4.69, 9.17) is 4.74 Å². The van der Waals surface area contributed by atoms with Crippen LogP contribution in [-0.4, -0.2) is 73.3 Å². The Labute approximate surface area is 118 Å². The van der Waals surface area contributed by atoms with Crippen molar-refractivity contribution in [3.8, 4) is 0 Å². The average molecular weight is 282 g/mol. The van der Waals surface area contributed by atoms with Crippen LogP contribution < -0.4 is 10.6 Å². The lowest BCUT2D eigenvalue weighted by atomic mass is 10.0. The number of ether oxygens (including phenoxy) is 1. The lowest BCUT2D eigenvalue weighted by Crippen LogP contribution is -2.58. The fourth-order valence-electron chi connectivity index (χ4n) is 3.14. The van der Waals surface area contributed by atoms with E-state index in [-0.39, 0.29) is 24.1 Å². The van der Waals surface area contributed by atoms with Crippen LogP contribution in [0.1, 0.15) is 19.3 Å². The number of carbonyl (C=O) groups excluding carboxylic acids is 2. The van der Waals surface area contributed by atoms with Crippen molar-refractivity contribution in [2.45, 2.75) is 31.5 Å². The minimum absolute atomic E-state index is 0.164. The van der Waals surface area contributed by atoms with Gasteiger partial charge in [0.1, 0.15) is 13.0 Å². The van der Waals surface area contributed by atoms with Crippen molar-refractivity contribution >= 4 is 11.8 Å². The maximum Gasteiger partial charge on any atom is 0.243 e. The molecular weight excluding hydrogens is 260 g/mol. The maximum absolute atomic E-state index is 11.8. The van der Waals surface area contributed by atoms with Gasteiger partial charge in [-0.2, -0.15) is 0 Å². The quantitative estimate of drug-likeness (QED) is 0.614. The second-order valence-electron chi connectivity index (χ2n) is 5.60. The summed E-state index contributed by atoms with van der Waals surface area (Å²) in [6.45, 7) is 5.38. The first-order valence-electron chi connectivity index (χ1n) is 7.38. The van der Waals surface area contributed by atoms with Crippen molar-refractivity contribution < 1.29 is 14.3 Å². The lowest BCUT2D eigenvalue weighted by molar-refractivity contribution is -0.162. The van der Waals surface area contributed by atoms with Crippen LogP contribution in [0.5, 0.6) is 0 Å². The van der Waals surface area contributed by atoms with Gasteiger partial charge >= 0.3 is 0 Å². The summed E-state index contributed by atoms with van der Waals surface area (Å²) in [7, 11) is 0. The zero-order chi connectivity index (χ0) is 13.9. The second-order valence-corrected chi connectivity index (χ2v) is 5.60. The molecular formula is C13H22N4O3. The first-order valence-corrected chi connectivity index (χ1v) is 7.38. The molecule has 112 valence electrons. The maximum atomic E-state index is 11.8. The fraction of sp³-hybridized carbons (Fsp3) is 0.846. The molecule has 3 rings (SSSR count). The molecule has 20 heavy (non-hydrogen) atoms. The van der Waals surface area contributed by atoms with Gasteiger partial charge in [0.05, 0.1) is 6.04 Å². The summed E-state index contributed by atoms with van der Waals surface area (Å²) in [6.07, 6.45) is 2.11. The molecule has 2 N–H and O–H groups in total. The Bertz CT molecular complexity index is 376. The van der Waals surface area contributed by atoms with Gasteiger partial charge in [0.25, 0.3) is 0 Å². The van der Waals surface area contributed by atoms with E-state index in [0.29, 0.717) is 19.6 Å². The molecule has 0 aromatic carbocycles. The smallest absolute Gasteiger partial charge is 0.243 e. The Kier molecular flexibility index (Phi) is 4.30. The third kappa shape index (κ3) is 3.01. The van der Waals surface area contributed by atoms with Crippen molar-refractivity contribution in [2.24, 2.45) is 0 Å². The van der Waals surface area contributed by atoms with Crippen molar-refractivity contribution in [3.63, 3.8) is 0 Å². The molecule has 0 saturated carbocycles. The molecule has 0 aliphatic carbocycles. The van der Waals surface area contributed by atoms with Crippen molar-refractivity contribution in [1.82, 2.24) is 20.4 Å². The monoisotopic (exact) mass is 282 g/mol. The standard InChI is InChI=1S/C13H22N4O3/c18-11-2-1-10(13(19)15-11)17-6-3-12(20-9-17)16-7-4-14-5-8-16/h10,12,14H,1-9H2,(H,15,18,19). The largest absolute Gasteiger partial charge is 0.348 e. The summed E-state index contributed by atoms with van der Waals surface area (Å²) in [6, 6.07) is -0.211. The Morgan fingerprint density at radius 1 is 1.05 bits per heavy atom. The van der Waals surface area contributed by atoms with Crippen LogP contribution >= 0.6 is 0 Å². The van der Waals surface area contributed by atoms with E-state index < -0.39 is 0 Å². The number of amides is 2. The van der Waals surface area contributed by atoms with E-state index in [1.54, 1.807) is 0 Å². The first-order chi connectivity index (χ1) is 9.74. The van der Waals surface area contributed by atoms with E-state index in [1.165, 1.54) is 0 Å². The number of piperazine rings is 1. The highest BCUT2D eigenvalue weighted by Crippen LogP contribution is 2.20. The predicted octanol–water partition coefficient (Wildman–Crippen LogP) is -1.30. The molecule has 7 heteroatoms. The van der Waals surface area contributed by atoms with Gasteiger partial charge in [-0.05, 0) is 6.42 Å². The molecule has 0 bridgehead atoms. The summed E-state index contributed by atoms with van der Waals surface area (Å²) in [5.74, 6) is -0.339. The van der Waals surface area contributed by atoms with E-state index in [9.17, 15) is 9.59 Å². The van der Waals surface area contributed by atoms with Crippen LogP contribution in [0.25, 0.3) is 0 Å². The number of rotatable bonds is 2. The molecule has 2 amide bonds. The van der Waals surface area contributed by atoms with Crippen LogP contribution in [0.15, 0.2) is 0 Å². The molecule has 3 aliphatic rings. The highest BCUT2D eigenvalue weighted by Gasteiger charge is 2.35. The van der Waals surface area contributed by atoms with Crippen molar-refractivity contribution in [2.75, 3.05) is 39.5 Å². The topological polar surface area (TPSA) is 73.9 Å². The molecule has 0 spiro atoms. The van der Waals surface area contributed by atoms with Crippen LogP contribution in [0.4, 0.5) is 0 Å². The second kappa shape index (κ2) is 6.17. The number of carbonyl (C=O) groups is 2. The highest BCUT2D eigenvalue weighted by molar-refractivity contribution is 6.00. The molecule has 3 fully saturated rings. The molecule has 2 unspecified atom stereocenters. The van der Waals surface area contributed by atoms with E-state index in [0.717, 1.165) is 39.1 Å². The normalized spacial score (nSPS) is 34.0. The fourth-order valence-corrected chi connectivity index (χ4v) is 3.14. The number of hydrogen-bond donors (Lipinski definition) is 2. The van der Waals surface area contributed by atoms with Gasteiger partial charge in [0.2, 0.25) is 11.8 Å². The minimum atomic E-state index is -0.211. The van der Waals surface area contributed by atoms with Gasteiger partial charge in [-0.15, -0.1) is 0 Å². The zero-order valence-electron chi connectivity index (χ0n) is 11.6. The van der Waals surface area contributed by atoms with Gasteiger partial charge in [-0.3, -0.25) is 24.7 Å². The van der Waals surface area contributed by atoms with Gasteiger partial charge in [0, 0.05) is 45.6 Å². The number of piperidine rings is 1. The van der Waals surface area contributed by atoms with Gasteiger partial charge < -0.3 is 10.1 Å². The summed E-state index contributed by atoms with van der Waals surface area (Å²) in [4.78, 5) is 27.4. The van der Waals surface area contributed by atoms with Gasteiger partial charge in [-0.1, -0.05) is 0 Å². The number of hydrogen-bond acceptors (Lipinski definition) is 6. The Morgan fingerprint density at radius 3 is 2.50 bits per heavy atom. The summed E-state index contributed by atoms with van der Waals surface area (Å²) in [5, 5.41) is 5.74. The van der Waals surface area contributed by atoms with Crippen LogP contribution in [0, 0.1) is 0 Å². The summed E-state index contributed by atoms with van der Waals surface area (Å²) in [5.41, 5.74) is 0. The summed E-state index contributed by atoms with van der Waals surface area (Å²) < 4.78 is 5.92. The molecule has 3 aliphatic heterocycles. The van der Waals surface area contributed by atoms with E-state index >= 15 is 0 Å². The molecule has 0 radical (unpaired) electrons. The zero-order valence-corrected chi connectivity index (χ0v) is 11.6. The average Bonchev–Trinajstić information content (AvgIpc) is 2.48. The number of nitrogens with one attached hydrogen (secondary N) is 2. The highest BCUT2D eigenvalue weighted by atomic mass is 16.5.